The molecule has 0 aliphatic carbocycles. The first-order valence-corrected chi connectivity index (χ1v) is 10.0. The van der Waals surface area contributed by atoms with Crippen LogP contribution in [0.25, 0.3) is 0 Å². The Bertz CT molecular complexity index is 686. The zero-order valence-corrected chi connectivity index (χ0v) is 17.2. The van der Waals surface area contributed by atoms with Gasteiger partial charge in [0.15, 0.2) is 0 Å². The highest BCUT2D eigenvalue weighted by molar-refractivity contribution is 5.85. The first-order valence-electron chi connectivity index (χ1n) is 10.0. The van der Waals surface area contributed by atoms with E-state index in [4.69, 9.17) is 4.74 Å². The summed E-state index contributed by atoms with van der Waals surface area (Å²) in [5.41, 5.74) is 2.37. The zero-order chi connectivity index (χ0) is 18.7. The summed E-state index contributed by atoms with van der Waals surface area (Å²) in [7, 11) is 0. The zero-order valence-electron chi connectivity index (χ0n) is 16.4. The highest BCUT2D eigenvalue weighted by Crippen LogP contribution is 2.17. The molecule has 3 rings (SSSR count). The molecule has 4 nitrogen and oxygen atoms in total. The van der Waals surface area contributed by atoms with Crippen LogP contribution in [0.1, 0.15) is 36.8 Å². The molecule has 1 saturated heterocycles. The van der Waals surface area contributed by atoms with Crippen molar-refractivity contribution in [1.82, 2.24) is 10.6 Å². The lowest BCUT2D eigenvalue weighted by Gasteiger charge is -2.22. The highest BCUT2D eigenvalue weighted by atomic mass is 35.5. The summed E-state index contributed by atoms with van der Waals surface area (Å²) in [4.78, 5) is 12.0. The number of hydrogen-bond donors (Lipinski definition) is 2. The third kappa shape index (κ3) is 7.91. The topological polar surface area (TPSA) is 50.4 Å². The van der Waals surface area contributed by atoms with E-state index in [-0.39, 0.29) is 18.3 Å². The molecule has 1 aliphatic heterocycles. The Kier molecular flexibility index (Phi) is 9.87. The summed E-state index contributed by atoms with van der Waals surface area (Å²) in [5.74, 6) is 1.75. The largest absolute Gasteiger partial charge is 0.489 e. The third-order valence-electron chi connectivity index (χ3n) is 5.15. The van der Waals surface area contributed by atoms with Crippen LogP contribution in [0.4, 0.5) is 0 Å². The third-order valence-corrected chi connectivity index (χ3v) is 5.15. The van der Waals surface area contributed by atoms with Gasteiger partial charge in [-0.15, -0.1) is 12.4 Å². The van der Waals surface area contributed by atoms with E-state index in [9.17, 15) is 4.79 Å². The Labute approximate surface area is 174 Å². The molecular formula is C23H31ClN2O2. The molecule has 5 heteroatoms. The van der Waals surface area contributed by atoms with E-state index in [1.807, 2.05) is 30.3 Å². The molecular weight excluding hydrogens is 372 g/mol. The second-order valence-corrected chi connectivity index (χ2v) is 7.25. The van der Waals surface area contributed by atoms with Crippen molar-refractivity contribution >= 4 is 18.3 Å². The molecule has 0 spiro atoms. The second-order valence-electron chi connectivity index (χ2n) is 7.25. The number of amides is 1. The summed E-state index contributed by atoms with van der Waals surface area (Å²) in [5, 5.41) is 6.41. The van der Waals surface area contributed by atoms with Crippen molar-refractivity contribution in [1.29, 1.82) is 0 Å². The molecule has 1 amide bonds. The summed E-state index contributed by atoms with van der Waals surface area (Å²) in [6.45, 7) is 3.46. The van der Waals surface area contributed by atoms with Crippen LogP contribution >= 0.6 is 12.4 Å². The van der Waals surface area contributed by atoms with Crippen LogP contribution in [0, 0.1) is 5.92 Å². The van der Waals surface area contributed by atoms with Crippen LogP contribution in [0.2, 0.25) is 0 Å². The Morgan fingerprint density at radius 1 is 1.00 bits per heavy atom. The van der Waals surface area contributed by atoms with Crippen LogP contribution in [0.15, 0.2) is 54.6 Å². The van der Waals surface area contributed by atoms with Gasteiger partial charge in [-0.1, -0.05) is 42.5 Å². The summed E-state index contributed by atoms with van der Waals surface area (Å²) in [6.07, 6.45) is 4.91. The number of carbonyl (C=O) groups is 1. The highest BCUT2D eigenvalue weighted by Gasteiger charge is 2.14. The minimum absolute atomic E-state index is 0. The molecule has 1 heterocycles. The number of carbonyl (C=O) groups excluding carboxylic acids is 1. The molecule has 1 fully saturated rings. The molecule has 0 radical (unpaired) electrons. The summed E-state index contributed by atoms with van der Waals surface area (Å²) < 4.78 is 5.81. The van der Waals surface area contributed by atoms with E-state index in [1.54, 1.807) is 0 Å². The van der Waals surface area contributed by atoms with Crippen LogP contribution in [-0.2, 0) is 17.8 Å². The first-order chi connectivity index (χ1) is 13.3. The van der Waals surface area contributed by atoms with Gasteiger partial charge in [0, 0.05) is 13.0 Å². The number of ether oxygens (including phenoxy) is 1. The summed E-state index contributed by atoms with van der Waals surface area (Å²) >= 11 is 0. The van der Waals surface area contributed by atoms with Crippen molar-refractivity contribution in [3.8, 4) is 5.75 Å². The molecule has 0 unspecified atom stereocenters. The van der Waals surface area contributed by atoms with E-state index < -0.39 is 0 Å². The maximum atomic E-state index is 12.0. The van der Waals surface area contributed by atoms with Gasteiger partial charge in [0.05, 0.1) is 0 Å². The maximum absolute atomic E-state index is 12.0. The molecule has 0 bridgehead atoms. The van der Waals surface area contributed by atoms with Crippen molar-refractivity contribution in [2.75, 3.05) is 19.6 Å². The van der Waals surface area contributed by atoms with Crippen LogP contribution in [0.5, 0.6) is 5.75 Å². The Balaban J connectivity index is 0.00000280. The van der Waals surface area contributed by atoms with Gasteiger partial charge >= 0.3 is 0 Å². The molecule has 2 aromatic carbocycles. The SMILES string of the molecule is Cl.O=C(CCC1CCNCC1)NCCc1ccc(OCc2ccccc2)cc1. The maximum Gasteiger partial charge on any atom is 0.220 e. The smallest absolute Gasteiger partial charge is 0.220 e. The Morgan fingerprint density at radius 3 is 2.43 bits per heavy atom. The Hall–Kier alpha value is -2.04. The summed E-state index contributed by atoms with van der Waals surface area (Å²) in [6, 6.07) is 18.3. The van der Waals surface area contributed by atoms with Crippen molar-refractivity contribution in [2.45, 2.75) is 38.7 Å². The van der Waals surface area contributed by atoms with Crippen molar-refractivity contribution in [3.05, 3.63) is 65.7 Å². The number of nitrogens with one attached hydrogen (secondary N) is 2. The average molecular weight is 403 g/mol. The van der Waals surface area contributed by atoms with Crippen LogP contribution < -0.4 is 15.4 Å². The van der Waals surface area contributed by atoms with Gasteiger partial charge in [-0.3, -0.25) is 4.79 Å². The van der Waals surface area contributed by atoms with Crippen molar-refractivity contribution < 1.29 is 9.53 Å². The molecule has 28 heavy (non-hydrogen) atoms. The number of halogens is 1. The predicted octanol–water partition coefficient (Wildman–Crippen LogP) is 4.13. The molecule has 2 N–H and O–H groups in total. The fourth-order valence-electron chi connectivity index (χ4n) is 3.43. The van der Waals surface area contributed by atoms with Gasteiger partial charge in [0.25, 0.3) is 0 Å². The number of piperidine rings is 1. The molecule has 2 aromatic rings. The number of benzene rings is 2. The molecule has 0 atom stereocenters. The molecule has 1 aliphatic rings. The predicted molar refractivity (Wildman–Crippen MR) is 116 cm³/mol. The van der Waals surface area contributed by atoms with Gasteiger partial charge in [0.2, 0.25) is 5.91 Å². The van der Waals surface area contributed by atoms with E-state index in [1.165, 1.54) is 18.4 Å². The standard InChI is InChI=1S/C23H30N2O2.ClH/c26-23(11-8-20-12-15-24-16-13-20)25-17-14-19-6-9-22(10-7-19)27-18-21-4-2-1-3-5-21;/h1-7,9-10,20,24H,8,11-18H2,(H,25,26);1H. The lowest BCUT2D eigenvalue weighted by Crippen LogP contribution is -2.30. The fourth-order valence-corrected chi connectivity index (χ4v) is 3.43. The average Bonchev–Trinajstić information content (AvgIpc) is 2.73. The number of hydrogen-bond acceptors (Lipinski definition) is 3. The Morgan fingerprint density at radius 2 is 1.71 bits per heavy atom. The second kappa shape index (κ2) is 12.4. The van der Waals surface area contributed by atoms with E-state index in [0.717, 1.165) is 37.2 Å². The van der Waals surface area contributed by atoms with Gasteiger partial charge in [-0.25, -0.2) is 0 Å². The molecule has 152 valence electrons. The van der Waals surface area contributed by atoms with Gasteiger partial charge < -0.3 is 15.4 Å². The van der Waals surface area contributed by atoms with E-state index in [2.05, 4.69) is 34.9 Å². The van der Waals surface area contributed by atoms with E-state index >= 15 is 0 Å². The van der Waals surface area contributed by atoms with E-state index in [0.29, 0.717) is 25.5 Å². The molecule has 0 saturated carbocycles. The van der Waals surface area contributed by atoms with Crippen LogP contribution in [-0.4, -0.2) is 25.5 Å². The monoisotopic (exact) mass is 402 g/mol. The van der Waals surface area contributed by atoms with Gasteiger partial charge in [-0.2, -0.15) is 0 Å². The minimum atomic E-state index is 0. The van der Waals surface area contributed by atoms with Gasteiger partial charge in [0.1, 0.15) is 12.4 Å². The lowest BCUT2D eigenvalue weighted by molar-refractivity contribution is -0.121. The number of rotatable bonds is 9. The quantitative estimate of drug-likeness (QED) is 0.663. The first kappa shape index (κ1) is 22.3. The lowest BCUT2D eigenvalue weighted by atomic mass is 9.93. The van der Waals surface area contributed by atoms with Crippen LogP contribution in [0.3, 0.4) is 0 Å². The fraction of sp³-hybridized carbons (Fsp3) is 0.435. The minimum Gasteiger partial charge on any atom is -0.489 e. The van der Waals surface area contributed by atoms with Crippen molar-refractivity contribution in [2.24, 2.45) is 5.92 Å². The van der Waals surface area contributed by atoms with Gasteiger partial charge in [-0.05, 0) is 68.0 Å². The normalized spacial score (nSPS) is 14.1. The molecule has 0 aromatic heterocycles. The van der Waals surface area contributed by atoms with Crippen molar-refractivity contribution in [3.63, 3.8) is 0 Å².